The quantitative estimate of drug-likeness (QED) is 0.827. The lowest BCUT2D eigenvalue weighted by Gasteiger charge is -2.18. The van der Waals surface area contributed by atoms with Gasteiger partial charge in [-0.1, -0.05) is 37.3 Å². The van der Waals surface area contributed by atoms with Gasteiger partial charge >= 0.3 is 0 Å². The lowest BCUT2D eigenvalue weighted by atomic mass is 10.1. The molecule has 1 aromatic carbocycles. The summed E-state index contributed by atoms with van der Waals surface area (Å²) in [6.45, 7) is 4.26. The molecule has 112 valence electrons. The van der Waals surface area contributed by atoms with E-state index in [9.17, 15) is 4.79 Å². The van der Waals surface area contributed by atoms with E-state index in [1.165, 1.54) is 11.3 Å². The van der Waals surface area contributed by atoms with Gasteiger partial charge in [0, 0.05) is 11.7 Å². The molecule has 1 amide bonds. The van der Waals surface area contributed by atoms with Gasteiger partial charge in [-0.3, -0.25) is 4.79 Å². The van der Waals surface area contributed by atoms with Crippen molar-refractivity contribution in [3.63, 3.8) is 0 Å². The minimum atomic E-state index is -0.343. The van der Waals surface area contributed by atoms with Gasteiger partial charge in [0.05, 0.1) is 0 Å². The largest absolute Gasteiger partial charge is 0.364 e. The minimum Gasteiger partial charge on any atom is -0.364 e. The molecular weight excluding hydrogens is 260 g/mol. The van der Waals surface area contributed by atoms with E-state index in [1.54, 1.807) is 0 Å². The summed E-state index contributed by atoms with van der Waals surface area (Å²) in [6, 6.07) is 14.7. The Hall–Kier alpha value is -2.03. The third-order valence-electron chi connectivity index (χ3n) is 4.03. The van der Waals surface area contributed by atoms with E-state index < -0.39 is 0 Å². The number of nitrogens with two attached hydrogens (primary N) is 1. The van der Waals surface area contributed by atoms with Crippen LogP contribution in [0.25, 0.3) is 0 Å². The van der Waals surface area contributed by atoms with Crippen molar-refractivity contribution in [2.45, 2.75) is 45.6 Å². The van der Waals surface area contributed by atoms with E-state index >= 15 is 0 Å². The second kappa shape index (κ2) is 7.11. The molecule has 0 spiro atoms. The zero-order chi connectivity index (χ0) is 15.2. The van der Waals surface area contributed by atoms with E-state index in [0.29, 0.717) is 11.7 Å². The van der Waals surface area contributed by atoms with Gasteiger partial charge in [-0.25, -0.2) is 0 Å². The first-order chi connectivity index (χ1) is 10.1. The molecule has 0 aliphatic rings. The molecule has 21 heavy (non-hydrogen) atoms. The van der Waals surface area contributed by atoms with Gasteiger partial charge in [0.2, 0.25) is 0 Å². The van der Waals surface area contributed by atoms with Gasteiger partial charge < -0.3 is 10.3 Å². The maximum atomic E-state index is 11.6. The zero-order valence-electron chi connectivity index (χ0n) is 12.9. The van der Waals surface area contributed by atoms with E-state index in [-0.39, 0.29) is 5.91 Å². The van der Waals surface area contributed by atoms with Gasteiger partial charge in [-0.05, 0) is 50.3 Å². The molecule has 0 unspecified atom stereocenters. The number of amides is 1. The normalized spacial score (nSPS) is 12.3. The molecule has 3 nitrogen and oxygen atoms in total. The summed E-state index contributed by atoms with van der Waals surface area (Å²) >= 11 is 0. The van der Waals surface area contributed by atoms with Crippen LogP contribution in [0, 0.1) is 0 Å². The summed E-state index contributed by atoms with van der Waals surface area (Å²) in [5.41, 5.74) is 8.66. The number of primary amides is 1. The van der Waals surface area contributed by atoms with Crippen LogP contribution in [0.3, 0.4) is 0 Å². The predicted octanol–water partition coefficient (Wildman–Crippen LogP) is 3.73. The number of hydrogen-bond acceptors (Lipinski definition) is 1. The van der Waals surface area contributed by atoms with Crippen LogP contribution in [0.2, 0.25) is 0 Å². The van der Waals surface area contributed by atoms with Gasteiger partial charge in [0.25, 0.3) is 5.91 Å². The lowest BCUT2D eigenvalue weighted by Crippen LogP contribution is -2.20. The first-order valence-corrected chi connectivity index (χ1v) is 7.67. The highest BCUT2D eigenvalue weighted by atomic mass is 16.1. The van der Waals surface area contributed by atoms with E-state index in [1.807, 2.05) is 18.2 Å². The number of carbonyl (C=O) groups is 1. The molecule has 3 heteroatoms. The number of rotatable bonds is 7. The van der Waals surface area contributed by atoms with Crippen molar-refractivity contribution in [3.8, 4) is 0 Å². The van der Waals surface area contributed by atoms with Crippen LogP contribution < -0.4 is 5.73 Å². The Balaban J connectivity index is 2.07. The van der Waals surface area contributed by atoms with Crippen LogP contribution in [0.1, 0.15) is 54.5 Å². The summed E-state index contributed by atoms with van der Waals surface area (Å²) in [4.78, 5) is 11.6. The number of aromatic nitrogens is 1. The lowest BCUT2D eigenvalue weighted by molar-refractivity contribution is 0.0989. The standard InChI is InChI=1S/C18H24N2O/c1-3-14(2)20-16(12-13-17(20)18(19)21)11-7-10-15-8-5-4-6-9-15/h4-6,8-9,12-14H,3,7,10-11H2,1-2H3,(H2,19,21)/t14-/m0/s1. The van der Waals surface area contributed by atoms with Crippen LogP contribution in [-0.4, -0.2) is 10.5 Å². The van der Waals surface area contributed by atoms with E-state index in [4.69, 9.17) is 5.73 Å². The maximum Gasteiger partial charge on any atom is 0.265 e. The average molecular weight is 284 g/mol. The van der Waals surface area contributed by atoms with E-state index in [0.717, 1.165) is 25.7 Å². The van der Waals surface area contributed by atoms with Crippen molar-refractivity contribution in [2.24, 2.45) is 5.73 Å². The zero-order valence-corrected chi connectivity index (χ0v) is 12.9. The Labute approximate surface area is 126 Å². The fourth-order valence-electron chi connectivity index (χ4n) is 2.72. The van der Waals surface area contributed by atoms with Gasteiger partial charge in [0.15, 0.2) is 0 Å². The van der Waals surface area contributed by atoms with Crippen LogP contribution in [-0.2, 0) is 12.8 Å². The van der Waals surface area contributed by atoms with Crippen LogP contribution in [0.15, 0.2) is 42.5 Å². The number of carbonyl (C=O) groups excluding carboxylic acids is 1. The molecule has 1 aromatic heterocycles. The second-order valence-electron chi connectivity index (χ2n) is 5.54. The van der Waals surface area contributed by atoms with Crippen molar-refractivity contribution in [1.29, 1.82) is 0 Å². The molecule has 2 N–H and O–H groups in total. The van der Waals surface area contributed by atoms with Crippen LogP contribution in [0.4, 0.5) is 0 Å². The Morgan fingerprint density at radius 3 is 2.48 bits per heavy atom. The molecule has 1 heterocycles. The number of nitrogens with zero attached hydrogens (tertiary/aromatic N) is 1. The third-order valence-corrected chi connectivity index (χ3v) is 4.03. The van der Waals surface area contributed by atoms with E-state index in [2.05, 4.69) is 42.7 Å². The Morgan fingerprint density at radius 2 is 1.86 bits per heavy atom. The second-order valence-corrected chi connectivity index (χ2v) is 5.54. The molecule has 2 aromatic rings. The summed E-state index contributed by atoms with van der Waals surface area (Å²) in [6.07, 6.45) is 4.08. The van der Waals surface area contributed by atoms with Crippen molar-refractivity contribution >= 4 is 5.91 Å². The average Bonchev–Trinajstić information content (AvgIpc) is 2.92. The Kier molecular flexibility index (Phi) is 5.20. The fraction of sp³-hybridized carbons (Fsp3) is 0.389. The fourth-order valence-corrected chi connectivity index (χ4v) is 2.72. The number of aryl methyl sites for hydroxylation is 2. The number of benzene rings is 1. The van der Waals surface area contributed by atoms with Gasteiger partial charge in [0.1, 0.15) is 5.69 Å². The smallest absolute Gasteiger partial charge is 0.265 e. The van der Waals surface area contributed by atoms with Crippen molar-refractivity contribution in [1.82, 2.24) is 4.57 Å². The Morgan fingerprint density at radius 1 is 1.14 bits per heavy atom. The van der Waals surface area contributed by atoms with Gasteiger partial charge in [-0.15, -0.1) is 0 Å². The first kappa shape index (κ1) is 15.4. The first-order valence-electron chi connectivity index (χ1n) is 7.67. The summed E-state index contributed by atoms with van der Waals surface area (Å²) < 4.78 is 2.10. The third kappa shape index (κ3) is 3.75. The molecule has 1 atom stereocenters. The minimum absolute atomic E-state index is 0.300. The molecule has 0 saturated heterocycles. The SMILES string of the molecule is CC[C@H](C)n1c(CCCc2ccccc2)ccc1C(N)=O. The maximum absolute atomic E-state index is 11.6. The highest BCUT2D eigenvalue weighted by Gasteiger charge is 2.16. The molecule has 0 fully saturated rings. The topological polar surface area (TPSA) is 48.0 Å². The van der Waals surface area contributed by atoms with Crippen molar-refractivity contribution in [3.05, 3.63) is 59.4 Å². The van der Waals surface area contributed by atoms with Crippen molar-refractivity contribution < 1.29 is 4.79 Å². The molecule has 0 aliphatic heterocycles. The molecule has 0 aliphatic carbocycles. The highest BCUT2D eigenvalue weighted by molar-refractivity contribution is 5.91. The monoisotopic (exact) mass is 284 g/mol. The number of hydrogen-bond donors (Lipinski definition) is 1. The van der Waals surface area contributed by atoms with Gasteiger partial charge in [-0.2, -0.15) is 0 Å². The van der Waals surface area contributed by atoms with Crippen LogP contribution in [0.5, 0.6) is 0 Å². The highest BCUT2D eigenvalue weighted by Crippen LogP contribution is 2.20. The molecular formula is C18H24N2O. The predicted molar refractivity (Wildman–Crippen MR) is 86.4 cm³/mol. The summed E-state index contributed by atoms with van der Waals surface area (Å²) in [7, 11) is 0. The summed E-state index contributed by atoms with van der Waals surface area (Å²) in [5, 5.41) is 0. The molecule has 2 rings (SSSR count). The molecule has 0 saturated carbocycles. The molecule has 0 bridgehead atoms. The van der Waals surface area contributed by atoms with Crippen LogP contribution >= 0.6 is 0 Å². The Bertz CT molecular complexity index is 587. The summed E-state index contributed by atoms with van der Waals surface area (Å²) in [5.74, 6) is -0.343. The molecule has 0 radical (unpaired) electrons. The van der Waals surface area contributed by atoms with Crippen molar-refractivity contribution in [2.75, 3.05) is 0 Å².